The van der Waals surface area contributed by atoms with Gasteiger partial charge in [0.1, 0.15) is 5.78 Å². The van der Waals surface area contributed by atoms with E-state index in [4.69, 9.17) is 0 Å². The molecular formula is C10H16BrNO3. The number of alkyl halides is 1. The number of halogens is 1. The summed E-state index contributed by atoms with van der Waals surface area (Å²) in [6, 6.07) is -0.0590. The predicted molar refractivity (Wildman–Crippen MR) is 60.1 cm³/mol. The fourth-order valence-electron chi connectivity index (χ4n) is 2.00. The lowest BCUT2D eigenvalue weighted by Crippen LogP contribution is -2.45. The third kappa shape index (κ3) is 3.48. The summed E-state index contributed by atoms with van der Waals surface area (Å²) in [5.74, 6) is 0.105. The number of hydrogen-bond donors (Lipinski definition) is 1. The van der Waals surface area contributed by atoms with Gasteiger partial charge in [0.05, 0.1) is 12.4 Å². The van der Waals surface area contributed by atoms with E-state index < -0.39 is 6.09 Å². The summed E-state index contributed by atoms with van der Waals surface area (Å²) in [5, 5.41) is 3.09. The zero-order valence-electron chi connectivity index (χ0n) is 8.79. The van der Waals surface area contributed by atoms with Crippen molar-refractivity contribution in [3.05, 3.63) is 0 Å². The lowest BCUT2D eigenvalue weighted by Gasteiger charge is -2.30. The highest BCUT2D eigenvalue weighted by Gasteiger charge is 2.31. The Morgan fingerprint density at radius 3 is 2.67 bits per heavy atom. The van der Waals surface area contributed by atoms with Gasteiger partial charge in [-0.25, -0.2) is 4.79 Å². The lowest BCUT2D eigenvalue weighted by molar-refractivity contribution is -0.121. The number of amides is 1. The quantitative estimate of drug-likeness (QED) is 0.802. The summed E-state index contributed by atoms with van der Waals surface area (Å²) in [5.41, 5.74) is 0. The van der Waals surface area contributed by atoms with E-state index in [1.165, 1.54) is 7.11 Å². The number of Topliss-reactive ketones (excluding diaryl/α,β-unsaturated/α-hetero) is 1. The number of carbonyl (C=O) groups is 2. The molecule has 0 radical (unpaired) electrons. The molecule has 1 fully saturated rings. The average molecular weight is 278 g/mol. The van der Waals surface area contributed by atoms with Gasteiger partial charge in [-0.05, 0) is 12.8 Å². The molecule has 1 aliphatic rings. The molecule has 15 heavy (non-hydrogen) atoms. The summed E-state index contributed by atoms with van der Waals surface area (Å²) >= 11 is 3.17. The van der Waals surface area contributed by atoms with E-state index in [2.05, 4.69) is 26.0 Å². The van der Waals surface area contributed by atoms with Crippen molar-refractivity contribution in [1.29, 1.82) is 0 Å². The van der Waals surface area contributed by atoms with Crippen LogP contribution in [-0.4, -0.2) is 30.4 Å². The first-order valence-electron chi connectivity index (χ1n) is 5.12. The number of carbonyl (C=O) groups excluding carboxylic acids is 2. The topological polar surface area (TPSA) is 55.4 Å². The highest BCUT2D eigenvalue weighted by molar-refractivity contribution is 9.09. The Labute approximate surface area is 97.9 Å². The number of ketones is 1. The number of methoxy groups -OCH3 is 1. The van der Waals surface area contributed by atoms with Gasteiger partial charge in [-0.1, -0.05) is 28.8 Å². The van der Waals surface area contributed by atoms with Crippen LogP contribution in [0, 0.1) is 5.92 Å². The average Bonchev–Trinajstić information content (AvgIpc) is 2.28. The molecule has 0 spiro atoms. The van der Waals surface area contributed by atoms with Crippen molar-refractivity contribution in [2.45, 2.75) is 31.7 Å². The Balaban J connectivity index is 2.57. The van der Waals surface area contributed by atoms with Crippen molar-refractivity contribution in [3.8, 4) is 0 Å². The first kappa shape index (κ1) is 12.5. The maximum atomic E-state index is 11.6. The minimum absolute atomic E-state index is 0.0581. The third-order valence-corrected chi connectivity index (χ3v) is 3.35. The Morgan fingerprint density at radius 1 is 1.40 bits per heavy atom. The van der Waals surface area contributed by atoms with E-state index in [0.29, 0.717) is 5.33 Å². The maximum Gasteiger partial charge on any atom is 0.407 e. The van der Waals surface area contributed by atoms with Crippen LogP contribution >= 0.6 is 15.9 Å². The lowest BCUT2D eigenvalue weighted by atomic mass is 9.82. The van der Waals surface area contributed by atoms with Crippen LogP contribution in [0.3, 0.4) is 0 Å². The molecular weight excluding hydrogens is 262 g/mol. The second-order valence-corrected chi connectivity index (χ2v) is 4.29. The van der Waals surface area contributed by atoms with Crippen molar-refractivity contribution in [2.75, 3.05) is 12.4 Å². The summed E-state index contributed by atoms with van der Waals surface area (Å²) in [4.78, 5) is 22.7. The Morgan fingerprint density at radius 2 is 2.07 bits per heavy atom. The largest absolute Gasteiger partial charge is 0.453 e. The summed E-state index contributed by atoms with van der Waals surface area (Å²) in [6.45, 7) is 0. The van der Waals surface area contributed by atoms with Gasteiger partial charge in [-0.3, -0.25) is 4.79 Å². The first-order valence-corrected chi connectivity index (χ1v) is 6.24. The molecule has 0 aromatic heterocycles. The SMILES string of the molecule is COC(=O)NC1CCCCC1C(=O)CBr. The van der Waals surface area contributed by atoms with Gasteiger partial charge in [0.15, 0.2) is 0 Å². The minimum Gasteiger partial charge on any atom is -0.453 e. The van der Waals surface area contributed by atoms with Gasteiger partial charge in [0.2, 0.25) is 0 Å². The number of ether oxygens (including phenoxy) is 1. The predicted octanol–water partition coefficient (Wildman–Crippen LogP) is 1.87. The number of rotatable bonds is 3. The van der Waals surface area contributed by atoms with E-state index in [0.717, 1.165) is 25.7 Å². The second-order valence-electron chi connectivity index (χ2n) is 3.73. The van der Waals surface area contributed by atoms with E-state index >= 15 is 0 Å². The van der Waals surface area contributed by atoms with Crippen molar-refractivity contribution in [1.82, 2.24) is 5.32 Å². The third-order valence-electron chi connectivity index (χ3n) is 2.80. The van der Waals surface area contributed by atoms with Crippen LogP contribution in [0.4, 0.5) is 4.79 Å². The van der Waals surface area contributed by atoms with Gasteiger partial charge >= 0.3 is 6.09 Å². The molecule has 0 aliphatic heterocycles. The molecule has 2 atom stereocenters. The van der Waals surface area contributed by atoms with Gasteiger partial charge < -0.3 is 10.1 Å². The molecule has 0 saturated heterocycles. The molecule has 0 bridgehead atoms. The van der Waals surface area contributed by atoms with Crippen LogP contribution in [0.15, 0.2) is 0 Å². The smallest absolute Gasteiger partial charge is 0.407 e. The summed E-state index contributed by atoms with van der Waals surface area (Å²) < 4.78 is 4.54. The number of nitrogens with one attached hydrogen (secondary N) is 1. The van der Waals surface area contributed by atoms with Gasteiger partial charge in [-0.2, -0.15) is 0 Å². The standard InChI is InChI=1S/C10H16BrNO3/c1-15-10(14)12-8-5-3-2-4-7(8)9(13)6-11/h7-8H,2-6H2,1H3,(H,12,14). The first-order chi connectivity index (χ1) is 7.19. The monoisotopic (exact) mass is 277 g/mol. The zero-order valence-corrected chi connectivity index (χ0v) is 10.4. The maximum absolute atomic E-state index is 11.6. The molecule has 1 N–H and O–H groups in total. The van der Waals surface area contributed by atoms with E-state index in [9.17, 15) is 9.59 Å². The van der Waals surface area contributed by atoms with Crippen molar-refractivity contribution in [2.24, 2.45) is 5.92 Å². The van der Waals surface area contributed by atoms with Crippen LogP contribution in [0.25, 0.3) is 0 Å². The minimum atomic E-state index is -0.450. The molecule has 4 nitrogen and oxygen atoms in total. The van der Waals surface area contributed by atoms with Crippen LogP contribution in [-0.2, 0) is 9.53 Å². The van der Waals surface area contributed by atoms with E-state index in [1.54, 1.807) is 0 Å². The Bertz CT molecular complexity index is 245. The van der Waals surface area contributed by atoms with Gasteiger partial charge in [0, 0.05) is 12.0 Å². The van der Waals surface area contributed by atoms with Crippen LogP contribution < -0.4 is 5.32 Å². The van der Waals surface area contributed by atoms with Crippen LogP contribution in [0.2, 0.25) is 0 Å². The van der Waals surface area contributed by atoms with E-state index in [1.807, 2.05) is 0 Å². The molecule has 2 unspecified atom stereocenters. The van der Waals surface area contributed by atoms with E-state index in [-0.39, 0.29) is 17.7 Å². The molecule has 86 valence electrons. The fraction of sp³-hybridized carbons (Fsp3) is 0.800. The molecule has 0 aromatic rings. The van der Waals surface area contributed by atoms with Crippen molar-refractivity contribution < 1.29 is 14.3 Å². The second kappa shape index (κ2) is 6.10. The normalized spacial score (nSPS) is 25.7. The highest BCUT2D eigenvalue weighted by atomic mass is 79.9. The zero-order chi connectivity index (χ0) is 11.3. The molecule has 1 amide bonds. The highest BCUT2D eigenvalue weighted by Crippen LogP contribution is 2.25. The molecule has 0 aromatic carbocycles. The summed E-state index contributed by atoms with van der Waals surface area (Å²) in [7, 11) is 1.33. The van der Waals surface area contributed by atoms with Gasteiger partial charge in [-0.15, -0.1) is 0 Å². The van der Waals surface area contributed by atoms with Crippen molar-refractivity contribution >= 4 is 27.8 Å². The summed E-state index contributed by atoms with van der Waals surface area (Å²) in [6.07, 6.45) is 3.38. The Hall–Kier alpha value is -0.580. The number of alkyl carbamates (subject to hydrolysis) is 1. The molecule has 1 rings (SSSR count). The fourth-order valence-corrected chi connectivity index (χ4v) is 2.41. The van der Waals surface area contributed by atoms with Crippen molar-refractivity contribution in [3.63, 3.8) is 0 Å². The van der Waals surface area contributed by atoms with Crippen LogP contribution in [0.5, 0.6) is 0 Å². The molecule has 0 heterocycles. The molecule has 5 heteroatoms. The number of hydrogen-bond acceptors (Lipinski definition) is 3. The van der Waals surface area contributed by atoms with Crippen LogP contribution in [0.1, 0.15) is 25.7 Å². The Kier molecular flexibility index (Phi) is 5.08. The van der Waals surface area contributed by atoms with Gasteiger partial charge in [0.25, 0.3) is 0 Å². The molecule has 1 aliphatic carbocycles. The molecule has 1 saturated carbocycles.